The van der Waals surface area contributed by atoms with E-state index in [0.29, 0.717) is 23.8 Å². The van der Waals surface area contributed by atoms with Crippen molar-refractivity contribution >= 4 is 18.3 Å². The third kappa shape index (κ3) is 4.47. The van der Waals surface area contributed by atoms with Crippen LogP contribution in [0.15, 0.2) is 12.1 Å². The molecule has 3 N–H and O–H groups in total. The van der Waals surface area contributed by atoms with E-state index in [9.17, 15) is 4.79 Å². The van der Waals surface area contributed by atoms with Crippen LogP contribution in [-0.4, -0.2) is 33.3 Å². The molecule has 7 heteroatoms. The minimum absolute atomic E-state index is 0. The Labute approximate surface area is 125 Å². The van der Waals surface area contributed by atoms with E-state index >= 15 is 0 Å². The lowest BCUT2D eigenvalue weighted by molar-refractivity contribution is -0.122. The molecule has 0 unspecified atom stereocenters. The quantitative estimate of drug-likeness (QED) is 0.822. The van der Waals surface area contributed by atoms with Crippen molar-refractivity contribution in [1.29, 1.82) is 0 Å². The maximum atomic E-state index is 11.5. The zero-order valence-electron chi connectivity index (χ0n) is 12.1. The SMILES string of the molecule is COc1cc(OC)c(OC)cc1CNC(=O)[C@@H](C)N.Cl. The molecule has 0 fully saturated rings. The van der Waals surface area contributed by atoms with E-state index in [1.54, 1.807) is 40.4 Å². The number of hydrogen-bond acceptors (Lipinski definition) is 5. The minimum Gasteiger partial charge on any atom is -0.496 e. The topological polar surface area (TPSA) is 82.8 Å². The molecule has 1 amide bonds. The van der Waals surface area contributed by atoms with E-state index in [2.05, 4.69) is 5.32 Å². The second kappa shape index (κ2) is 8.50. The number of amides is 1. The zero-order valence-corrected chi connectivity index (χ0v) is 12.9. The molecule has 0 saturated heterocycles. The van der Waals surface area contributed by atoms with Crippen LogP contribution < -0.4 is 25.3 Å². The summed E-state index contributed by atoms with van der Waals surface area (Å²) in [6.07, 6.45) is 0. The Balaban J connectivity index is 0.00000361. The maximum Gasteiger partial charge on any atom is 0.236 e. The van der Waals surface area contributed by atoms with Gasteiger partial charge in [0.15, 0.2) is 11.5 Å². The summed E-state index contributed by atoms with van der Waals surface area (Å²) >= 11 is 0. The predicted molar refractivity (Wildman–Crippen MR) is 78.8 cm³/mol. The van der Waals surface area contributed by atoms with Gasteiger partial charge >= 0.3 is 0 Å². The van der Waals surface area contributed by atoms with E-state index in [4.69, 9.17) is 19.9 Å². The Kier molecular flexibility index (Phi) is 7.79. The molecule has 0 heterocycles. The summed E-state index contributed by atoms with van der Waals surface area (Å²) in [5.41, 5.74) is 6.27. The van der Waals surface area contributed by atoms with Crippen molar-refractivity contribution in [2.24, 2.45) is 5.73 Å². The molecule has 1 aromatic carbocycles. The lowest BCUT2D eigenvalue weighted by atomic mass is 10.1. The van der Waals surface area contributed by atoms with Crippen LogP contribution in [0.2, 0.25) is 0 Å². The van der Waals surface area contributed by atoms with Gasteiger partial charge in [-0.15, -0.1) is 12.4 Å². The van der Waals surface area contributed by atoms with Crippen molar-refractivity contribution < 1.29 is 19.0 Å². The first-order valence-corrected chi connectivity index (χ1v) is 5.85. The van der Waals surface area contributed by atoms with Gasteiger partial charge in [-0.2, -0.15) is 0 Å². The lowest BCUT2D eigenvalue weighted by Crippen LogP contribution is -2.37. The average Bonchev–Trinajstić information content (AvgIpc) is 2.43. The van der Waals surface area contributed by atoms with Gasteiger partial charge in [-0.1, -0.05) is 0 Å². The van der Waals surface area contributed by atoms with Gasteiger partial charge in [-0.25, -0.2) is 0 Å². The van der Waals surface area contributed by atoms with E-state index in [1.807, 2.05) is 0 Å². The van der Waals surface area contributed by atoms with Crippen molar-refractivity contribution in [1.82, 2.24) is 5.32 Å². The normalized spacial score (nSPS) is 11.1. The summed E-state index contributed by atoms with van der Waals surface area (Å²) in [4.78, 5) is 11.5. The highest BCUT2D eigenvalue weighted by molar-refractivity contribution is 5.85. The first kappa shape index (κ1) is 18.3. The zero-order chi connectivity index (χ0) is 14.4. The van der Waals surface area contributed by atoms with Gasteiger partial charge < -0.3 is 25.3 Å². The molecule has 0 aliphatic rings. The third-order valence-corrected chi connectivity index (χ3v) is 2.65. The van der Waals surface area contributed by atoms with Gasteiger partial charge in [0.2, 0.25) is 5.91 Å². The first-order chi connectivity index (χ1) is 9.03. The number of carbonyl (C=O) groups is 1. The Hall–Kier alpha value is -1.66. The fourth-order valence-corrected chi connectivity index (χ4v) is 1.57. The van der Waals surface area contributed by atoms with E-state index in [0.717, 1.165) is 5.56 Å². The number of carbonyl (C=O) groups excluding carboxylic acids is 1. The summed E-state index contributed by atoms with van der Waals surface area (Å²) < 4.78 is 15.7. The summed E-state index contributed by atoms with van der Waals surface area (Å²) in [6, 6.07) is 2.93. The van der Waals surface area contributed by atoms with Crippen LogP contribution in [0.5, 0.6) is 17.2 Å². The summed E-state index contributed by atoms with van der Waals surface area (Å²) in [5.74, 6) is 1.54. The molecular formula is C13H21ClN2O4. The predicted octanol–water partition coefficient (Wildman–Crippen LogP) is 1.10. The van der Waals surface area contributed by atoms with Crippen LogP contribution >= 0.6 is 12.4 Å². The smallest absolute Gasteiger partial charge is 0.236 e. The summed E-state index contributed by atoms with van der Waals surface area (Å²) in [5, 5.41) is 2.72. The number of methoxy groups -OCH3 is 3. The van der Waals surface area contributed by atoms with Crippen molar-refractivity contribution in [2.75, 3.05) is 21.3 Å². The van der Waals surface area contributed by atoms with Crippen molar-refractivity contribution in [2.45, 2.75) is 19.5 Å². The van der Waals surface area contributed by atoms with Crippen LogP contribution in [0.25, 0.3) is 0 Å². The minimum atomic E-state index is -0.550. The molecule has 0 spiro atoms. The number of rotatable bonds is 6. The molecular weight excluding hydrogens is 284 g/mol. The molecule has 0 aliphatic carbocycles. The molecule has 1 atom stereocenters. The molecule has 6 nitrogen and oxygen atoms in total. The van der Waals surface area contributed by atoms with Crippen LogP contribution in [0.3, 0.4) is 0 Å². The van der Waals surface area contributed by atoms with E-state index in [1.165, 1.54) is 0 Å². The highest BCUT2D eigenvalue weighted by Crippen LogP contribution is 2.34. The monoisotopic (exact) mass is 304 g/mol. The van der Waals surface area contributed by atoms with Gasteiger partial charge in [0, 0.05) is 18.2 Å². The van der Waals surface area contributed by atoms with E-state index in [-0.39, 0.29) is 18.3 Å². The molecule has 0 aromatic heterocycles. The second-order valence-corrected chi connectivity index (χ2v) is 4.03. The average molecular weight is 305 g/mol. The number of nitrogens with one attached hydrogen (secondary N) is 1. The van der Waals surface area contributed by atoms with Gasteiger partial charge in [0.1, 0.15) is 5.75 Å². The summed E-state index contributed by atoms with van der Waals surface area (Å²) in [7, 11) is 4.65. The highest BCUT2D eigenvalue weighted by Gasteiger charge is 2.13. The Morgan fingerprint density at radius 2 is 1.65 bits per heavy atom. The number of hydrogen-bond donors (Lipinski definition) is 2. The van der Waals surface area contributed by atoms with Crippen LogP contribution in [0.4, 0.5) is 0 Å². The standard InChI is InChI=1S/C13H20N2O4.ClH/c1-8(14)13(16)15-7-9-5-11(18-3)12(19-4)6-10(9)17-2;/h5-6,8H,7,14H2,1-4H3,(H,15,16);1H/t8-;/m1./s1. The van der Waals surface area contributed by atoms with Crippen molar-refractivity contribution in [3.8, 4) is 17.2 Å². The second-order valence-electron chi connectivity index (χ2n) is 4.03. The maximum absolute atomic E-state index is 11.5. The van der Waals surface area contributed by atoms with Crippen molar-refractivity contribution in [3.63, 3.8) is 0 Å². The Morgan fingerprint density at radius 3 is 2.10 bits per heavy atom. The first-order valence-electron chi connectivity index (χ1n) is 5.85. The molecule has 1 rings (SSSR count). The van der Waals surface area contributed by atoms with Gasteiger partial charge in [0.05, 0.1) is 27.4 Å². The summed E-state index contributed by atoms with van der Waals surface area (Å²) in [6.45, 7) is 1.94. The Morgan fingerprint density at radius 1 is 1.15 bits per heavy atom. The molecule has 1 aromatic rings. The van der Waals surface area contributed by atoms with Gasteiger partial charge in [0.25, 0.3) is 0 Å². The highest BCUT2D eigenvalue weighted by atomic mass is 35.5. The van der Waals surface area contributed by atoms with Gasteiger partial charge in [-0.3, -0.25) is 4.79 Å². The molecule has 0 radical (unpaired) electrons. The molecule has 0 saturated carbocycles. The van der Waals surface area contributed by atoms with Crippen LogP contribution in [-0.2, 0) is 11.3 Å². The van der Waals surface area contributed by atoms with Crippen molar-refractivity contribution in [3.05, 3.63) is 17.7 Å². The number of benzene rings is 1. The van der Waals surface area contributed by atoms with Crippen LogP contribution in [0.1, 0.15) is 12.5 Å². The fourth-order valence-electron chi connectivity index (χ4n) is 1.57. The number of halogens is 1. The lowest BCUT2D eigenvalue weighted by Gasteiger charge is -2.15. The Bertz CT molecular complexity index is 452. The third-order valence-electron chi connectivity index (χ3n) is 2.65. The largest absolute Gasteiger partial charge is 0.496 e. The van der Waals surface area contributed by atoms with Crippen LogP contribution in [0, 0.1) is 0 Å². The molecule has 114 valence electrons. The van der Waals surface area contributed by atoms with Gasteiger partial charge in [-0.05, 0) is 13.0 Å². The molecule has 0 bridgehead atoms. The van der Waals surface area contributed by atoms with E-state index < -0.39 is 6.04 Å². The fraction of sp³-hybridized carbons (Fsp3) is 0.462. The number of nitrogens with two attached hydrogens (primary N) is 1. The number of ether oxygens (including phenoxy) is 3. The molecule has 0 aliphatic heterocycles. The molecule has 20 heavy (non-hydrogen) atoms.